The number of methoxy groups -OCH3 is 1. The van der Waals surface area contributed by atoms with E-state index in [1.807, 2.05) is 0 Å². The average Bonchev–Trinajstić information content (AvgIpc) is 2.08. The van der Waals surface area contributed by atoms with E-state index in [1.54, 1.807) is 7.11 Å². The fourth-order valence-corrected chi connectivity index (χ4v) is 3.24. The van der Waals surface area contributed by atoms with Crippen molar-refractivity contribution < 1.29 is 9.47 Å². The van der Waals surface area contributed by atoms with E-state index in [9.17, 15) is 0 Å². The summed E-state index contributed by atoms with van der Waals surface area (Å²) in [6, 6.07) is 0. The molecule has 0 radical (unpaired) electrons. The van der Waals surface area contributed by atoms with Crippen LogP contribution in [-0.4, -0.2) is 50.0 Å². The quantitative estimate of drug-likeness (QED) is 0.689. The Balaban J connectivity index is 1.59. The van der Waals surface area contributed by atoms with E-state index < -0.39 is 0 Å². The maximum atomic E-state index is 6.00. The number of nitrogens with zero attached hydrogens (tertiary/aromatic N) is 1. The van der Waals surface area contributed by atoms with Gasteiger partial charge in [-0.15, -0.1) is 0 Å². The van der Waals surface area contributed by atoms with E-state index >= 15 is 0 Å². The van der Waals surface area contributed by atoms with Crippen molar-refractivity contribution in [1.82, 2.24) is 4.90 Å². The molecule has 1 spiro atoms. The van der Waals surface area contributed by atoms with Crippen LogP contribution in [0.15, 0.2) is 0 Å². The maximum Gasteiger partial charge on any atom is 0.0602 e. The summed E-state index contributed by atoms with van der Waals surface area (Å²) in [5.74, 6) is 0. The van der Waals surface area contributed by atoms with Crippen LogP contribution in [-0.2, 0) is 9.47 Å². The molecule has 0 bridgehead atoms. The predicted molar refractivity (Wildman–Crippen MR) is 69.2 cm³/mol. The van der Waals surface area contributed by atoms with E-state index in [0.29, 0.717) is 11.5 Å². The van der Waals surface area contributed by atoms with Crippen LogP contribution in [0.25, 0.3) is 0 Å². The number of ether oxygens (including phenoxy) is 2. The third kappa shape index (κ3) is 3.43. The van der Waals surface area contributed by atoms with E-state index in [4.69, 9.17) is 9.47 Å². The van der Waals surface area contributed by atoms with Crippen molar-refractivity contribution >= 4 is 0 Å². The zero-order valence-electron chi connectivity index (χ0n) is 11.8. The number of rotatable bonds is 5. The Kier molecular flexibility index (Phi) is 3.81. The largest absolute Gasteiger partial charge is 0.385 e. The molecular formula is C14H27NO2. The number of likely N-dealkylation sites (tertiary alicyclic amines) is 1. The van der Waals surface area contributed by atoms with E-state index in [1.165, 1.54) is 32.5 Å². The Morgan fingerprint density at radius 1 is 1.24 bits per heavy atom. The van der Waals surface area contributed by atoms with E-state index in [2.05, 4.69) is 25.7 Å². The van der Waals surface area contributed by atoms with Gasteiger partial charge in [0.05, 0.1) is 11.7 Å². The summed E-state index contributed by atoms with van der Waals surface area (Å²) in [5.41, 5.74) is 0.636. The van der Waals surface area contributed by atoms with Crippen molar-refractivity contribution in [3.05, 3.63) is 0 Å². The Morgan fingerprint density at radius 2 is 1.88 bits per heavy atom. The summed E-state index contributed by atoms with van der Waals surface area (Å²) < 4.78 is 11.1. The van der Waals surface area contributed by atoms with Gasteiger partial charge in [0.25, 0.3) is 0 Å². The summed E-state index contributed by atoms with van der Waals surface area (Å²) in [6.45, 7) is 11.1. The Morgan fingerprint density at radius 3 is 2.41 bits per heavy atom. The molecule has 1 heterocycles. The molecule has 0 N–H and O–H groups in total. The highest BCUT2D eigenvalue weighted by Gasteiger charge is 2.52. The monoisotopic (exact) mass is 241 g/mol. The van der Waals surface area contributed by atoms with Crippen molar-refractivity contribution in [3.63, 3.8) is 0 Å². The maximum absolute atomic E-state index is 6.00. The van der Waals surface area contributed by atoms with Crippen molar-refractivity contribution in [2.45, 2.75) is 51.7 Å². The standard InChI is InChI=1S/C14H27NO2/c1-13(2,3)17-12-8-14(9-12)10-15(11-14)6-5-7-16-4/h12H,5-11H2,1-4H3. The molecule has 1 saturated carbocycles. The second-order valence-electron chi connectivity index (χ2n) is 6.82. The third-order valence-corrected chi connectivity index (χ3v) is 3.78. The van der Waals surface area contributed by atoms with E-state index in [-0.39, 0.29) is 5.60 Å². The lowest BCUT2D eigenvalue weighted by atomic mass is 9.61. The van der Waals surface area contributed by atoms with Gasteiger partial charge in [0.15, 0.2) is 0 Å². The van der Waals surface area contributed by atoms with Gasteiger partial charge in [-0.3, -0.25) is 0 Å². The van der Waals surface area contributed by atoms with E-state index in [0.717, 1.165) is 13.0 Å². The van der Waals surface area contributed by atoms with Gasteiger partial charge in [0.2, 0.25) is 0 Å². The molecular weight excluding hydrogens is 214 g/mol. The summed E-state index contributed by atoms with van der Waals surface area (Å²) >= 11 is 0. The van der Waals surface area contributed by atoms with Crippen molar-refractivity contribution in [2.24, 2.45) is 5.41 Å². The molecule has 1 saturated heterocycles. The number of hydrogen-bond donors (Lipinski definition) is 0. The summed E-state index contributed by atoms with van der Waals surface area (Å²) in [7, 11) is 1.78. The molecule has 3 nitrogen and oxygen atoms in total. The van der Waals surface area contributed by atoms with Crippen molar-refractivity contribution in [1.29, 1.82) is 0 Å². The molecule has 2 rings (SSSR count). The first-order valence-electron chi connectivity index (χ1n) is 6.82. The molecule has 2 fully saturated rings. The first kappa shape index (κ1) is 13.3. The van der Waals surface area contributed by atoms with Crippen LogP contribution in [0, 0.1) is 5.41 Å². The zero-order chi connectivity index (χ0) is 12.5. The molecule has 17 heavy (non-hydrogen) atoms. The molecule has 0 amide bonds. The van der Waals surface area contributed by atoms with Gasteiger partial charge < -0.3 is 14.4 Å². The molecule has 2 aliphatic rings. The van der Waals surface area contributed by atoms with Gasteiger partial charge in [-0.05, 0) is 40.0 Å². The average molecular weight is 241 g/mol. The minimum Gasteiger partial charge on any atom is -0.385 e. The van der Waals surface area contributed by atoms with Gasteiger partial charge in [-0.2, -0.15) is 0 Å². The topological polar surface area (TPSA) is 21.7 Å². The smallest absolute Gasteiger partial charge is 0.0602 e. The van der Waals surface area contributed by atoms with Gasteiger partial charge in [-0.1, -0.05) is 0 Å². The summed E-state index contributed by atoms with van der Waals surface area (Å²) in [6.07, 6.45) is 4.21. The van der Waals surface area contributed by atoms with Crippen LogP contribution < -0.4 is 0 Å². The van der Waals surface area contributed by atoms with Crippen molar-refractivity contribution in [2.75, 3.05) is 33.4 Å². The molecule has 1 aliphatic heterocycles. The molecule has 0 unspecified atom stereocenters. The Hall–Kier alpha value is -0.120. The fourth-order valence-electron chi connectivity index (χ4n) is 3.24. The van der Waals surface area contributed by atoms with Gasteiger partial charge in [-0.25, -0.2) is 0 Å². The highest BCUT2D eigenvalue weighted by atomic mass is 16.5. The molecule has 0 atom stereocenters. The minimum absolute atomic E-state index is 0.0220. The molecule has 0 aromatic carbocycles. The van der Waals surface area contributed by atoms with Crippen molar-refractivity contribution in [3.8, 4) is 0 Å². The molecule has 100 valence electrons. The Bertz CT molecular complexity index is 245. The lowest BCUT2D eigenvalue weighted by Gasteiger charge is -2.59. The highest BCUT2D eigenvalue weighted by molar-refractivity contribution is 5.05. The highest BCUT2D eigenvalue weighted by Crippen LogP contribution is 2.50. The normalized spacial score (nSPS) is 24.7. The molecule has 0 aromatic heterocycles. The molecule has 1 aliphatic carbocycles. The van der Waals surface area contributed by atoms with Crippen LogP contribution in [0.5, 0.6) is 0 Å². The first-order valence-corrected chi connectivity index (χ1v) is 6.82. The SMILES string of the molecule is COCCCN1CC2(CC(OC(C)(C)C)C2)C1. The van der Waals surface area contributed by atoms with Gasteiger partial charge >= 0.3 is 0 Å². The van der Waals surface area contributed by atoms with Gasteiger partial charge in [0, 0.05) is 38.8 Å². The molecule has 0 aromatic rings. The van der Waals surface area contributed by atoms with Crippen LogP contribution >= 0.6 is 0 Å². The van der Waals surface area contributed by atoms with Crippen LogP contribution in [0.4, 0.5) is 0 Å². The second kappa shape index (κ2) is 4.87. The number of hydrogen-bond acceptors (Lipinski definition) is 3. The lowest BCUT2D eigenvalue weighted by Crippen LogP contribution is -2.64. The molecule has 3 heteroatoms. The minimum atomic E-state index is 0.0220. The predicted octanol–water partition coefficient (Wildman–Crippen LogP) is 2.30. The fraction of sp³-hybridized carbons (Fsp3) is 1.00. The Labute approximate surface area is 105 Å². The lowest BCUT2D eigenvalue weighted by molar-refractivity contribution is -0.186. The summed E-state index contributed by atoms with van der Waals surface area (Å²) in [5, 5.41) is 0. The third-order valence-electron chi connectivity index (χ3n) is 3.78. The van der Waals surface area contributed by atoms with Crippen LogP contribution in [0.3, 0.4) is 0 Å². The van der Waals surface area contributed by atoms with Crippen LogP contribution in [0.1, 0.15) is 40.0 Å². The summed E-state index contributed by atoms with van der Waals surface area (Å²) in [4.78, 5) is 2.55. The first-order chi connectivity index (χ1) is 7.92. The van der Waals surface area contributed by atoms with Crippen LogP contribution in [0.2, 0.25) is 0 Å². The zero-order valence-corrected chi connectivity index (χ0v) is 11.8. The van der Waals surface area contributed by atoms with Gasteiger partial charge in [0.1, 0.15) is 0 Å². The second-order valence-corrected chi connectivity index (χ2v) is 6.82.